The molecule has 2 aromatic carbocycles. The molecule has 3 rings (SSSR count). The molecule has 0 fully saturated rings. The first kappa shape index (κ1) is 17.0. The number of fused-ring (bicyclic) bond motifs is 1. The molecule has 1 aliphatic heterocycles. The maximum absolute atomic E-state index is 12.8. The van der Waals surface area contributed by atoms with Gasteiger partial charge in [-0.2, -0.15) is 13.2 Å². The van der Waals surface area contributed by atoms with Crippen molar-refractivity contribution in [1.29, 1.82) is 0 Å². The highest BCUT2D eigenvalue weighted by Crippen LogP contribution is 2.47. The quantitative estimate of drug-likeness (QED) is 0.790. The van der Waals surface area contributed by atoms with Gasteiger partial charge in [0.1, 0.15) is 11.0 Å². The fourth-order valence-corrected chi connectivity index (χ4v) is 3.70. The van der Waals surface area contributed by atoms with Crippen LogP contribution in [0.15, 0.2) is 41.3 Å². The Hall–Kier alpha value is -1.86. The lowest BCUT2D eigenvalue weighted by molar-refractivity contribution is -0.137. The van der Waals surface area contributed by atoms with Crippen molar-refractivity contribution in [3.8, 4) is 5.75 Å². The van der Waals surface area contributed by atoms with Crippen molar-refractivity contribution < 1.29 is 22.7 Å². The van der Waals surface area contributed by atoms with Gasteiger partial charge in [0.15, 0.2) is 0 Å². The van der Waals surface area contributed by atoms with E-state index in [0.29, 0.717) is 21.2 Å². The minimum absolute atomic E-state index is 0.150. The van der Waals surface area contributed by atoms with Crippen LogP contribution < -0.4 is 10.1 Å². The number of carbonyl (C=O) groups excluding carboxylic acids is 1. The van der Waals surface area contributed by atoms with E-state index in [2.05, 4.69) is 5.32 Å². The lowest BCUT2D eigenvalue weighted by atomic mass is 10.1. The number of anilines is 1. The van der Waals surface area contributed by atoms with Gasteiger partial charge >= 0.3 is 6.18 Å². The van der Waals surface area contributed by atoms with Crippen molar-refractivity contribution in [2.75, 3.05) is 12.4 Å². The van der Waals surface area contributed by atoms with Gasteiger partial charge in [0.25, 0.3) is 0 Å². The standard InChI is InChI=1S/C16H11ClF3NO2S/c1-23-12-4-3-9(17)7-10(12)14-15(22)21-11-6-8(16(18,19)20)2-5-13(11)24-14/h2-7,14H,1H3,(H,21,22). The zero-order valence-corrected chi connectivity index (χ0v) is 13.9. The van der Waals surface area contributed by atoms with Crippen molar-refractivity contribution in [2.45, 2.75) is 16.3 Å². The van der Waals surface area contributed by atoms with Crippen LogP contribution in [0.25, 0.3) is 0 Å². The second kappa shape index (κ2) is 6.22. The van der Waals surface area contributed by atoms with Crippen molar-refractivity contribution in [2.24, 2.45) is 0 Å². The second-order valence-electron chi connectivity index (χ2n) is 5.08. The topological polar surface area (TPSA) is 38.3 Å². The molecule has 1 amide bonds. The first-order valence-corrected chi connectivity index (χ1v) is 8.07. The Morgan fingerprint density at radius 1 is 1.21 bits per heavy atom. The van der Waals surface area contributed by atoms with E-state index in [1.807, 2.05) is 0 Å². The summed E-state index contributed by atoms with van der Waals surface area (Å²) in [7, 11) is 1.47. The summed E-state index contributed by atoms with van der Waals surface area (Å²) in [6.45, 7) is 0. The zero-order valence-electron chi connectivity index (χ0n) is 12.3. The van der Waals surface area contributed by atoms with E-state index in [1.54, 1.807) is 18.2 Å². The highest BCUT2D eigenvalue weighted by atomic mass is 35.5. The molecule has 0 saturated carbocycles. The second-order valence-corrected chi connectivity index (χ2v) is 6.67. The summed E-state index contributed by atoms with van der Waals surface area (Å²) in [6.07, 6.45) is -4.46. The summed E-state index contributed by atoms with van der Waals surface area (Å²) < 4.78 is 43.6. The van der Waals surface area contributed by atoms with Gasteiger partial charge in [0.2, 0.25) is 5.91 Å². The van der Waals surface area contributed by atoms with E-state index in [9.17, 15) is 18.0 Å². The van der Waals surface area contributed by atoms with Crippen LogP contribution >= 0.6 is 23.4 Å². The van der Waals surface area contributed by atoms with Crippen LogP contribution in [0.5, 0.6) is 5.75 Å². The highest BCUT2D eigenvalue weighted by Gasteiger charge is 2.35. The molecule has 126 valence electrons. The monoisotopic (exact) mass is 373 g/mol. The molecular formula is C16H11ClF3NO2S. The van der Waals surface area contributed by atoms with Gasteiger partial charge < -0.3 is 10.1 Å². The summed E-state index contributed by atoms with van der Waals surface area (Å²) >= 11 is 7.15. The molecule has 0 bridgehead atoms. The molecule has 0 aliphatic carbocycles. The maximum Gasteiger partial charge on any atom is 0.416 e. The third-order valence-electron chi connectivity index (χ3n) is 3.52. The van der Waals surface area contributed by atoms with Crippen molar-refractivity contribution >= 4 is 35.0 Å². The molecule has 0 radical (unpaired) electrons. The predicted molar refractivity (Wildman–Crippen MR) is 86.7 cm³/mol. The number of ether oxygens (including phenoxy) is 1. The van der Waals surface area contributed by atoms with Crippen LogP contribution in [-0.2, 0) is 11.0 Å². The maximum atomic E-state index is 12.8. The number of nitrogens with one attached hydrogen (secondary N) is 1. The summed E-state index contributed by atoms with van der Waals surface area (Å²) in [5, 5.41) is 2.31. The zero-order chi connectivity index (χ0) is 17.5. The first-order valence-electron chi connectivity index (χ1n) is 6.82. The number of hydrogen-bond donors (Lipinski definition) is 1. The van der Waals surface area contributed by atoms with Crippen LogP contribution in [0, 0.1) is 0 Å². The van der Waals surface area contributed by atoms with Gasteiger partial charge in [-0.15, -0.1) is 11.8 Å². The average Bonchev–Trinajstić information content (AvgIpc) is 2.52. The number of alkyl halides is 3. The summed E-state index contributed by atoms with van der Waals surface area (Å²) in [5.41, 5.74) is -0.0870. The van der Waals surface area contributed by atoms with Crippen LogP contribution in [0.4, 0.5) is 18.9 Å². The smallest absolute Gasteiger partial charge is 0.416 e. The lowest BCUT2D eigenvalue weighted by Crippen LogP contribution is -2.24. The predicted octanol–water partition coefficient (Wildman–Crippen LogP) is 5.15. The van der Waals surface area contributed by atoms with Crippen LogP contribution in [0.1, 0.15) is 16.4 Å². The number of benzene rings is 2. The number of amides is 1. The van der Waals surface area contributed by atoms with Gasteiger partial charge in [-0.1, -0.05) is 11.6 Å². The Morgan fingerprint density at radius 2 is 1.96 bits per heavy atom. The third kappa shape index (κ3) is 3.18. The normalized spacial score (nSPS) is 17.2. The van der Waals surface area contributed by atoms with Crippen LogP contribution in [0.2, 0.25) is 5.02 Å². The largest absolute Gasteiger partial charge is 0.496 e. The van der Waals surface area contributed by atoms with E-state index in [4.69, 9.17) is 16.3 Å². The molecule has 1 N–H and O–H groups in total. The van der Waals surface area contributed by atoms with Gasteiger partial charge in [-0.05, 0) is 36.4 Å². The van der Waals surface area contributed by atoms with E-state index >= 15 is 0 Å². The van der Waals surface area contributed by atoms with Crippen molar-refractivity contribution in [3.05, 3.63) is 52.5 Å². The molecule has 3 nitrogen and oxygen atoms in total. The van der Waals surface area contributed by atoms with E-state index < -0.39 is 22.9 Å². The molecule has 0 saturated heterocycles. The van der Waals surface area contributed by atoms with Crippen molar-refractivity contribution in [1.82, 2.24) is 0 Å². The molecule has 0 aromatic heterocycles. The molecule has 0 spiro atoms. The number of rotatable bonds is 2. The Morgan fingerprint density at radius 3 is 2.62 bits per heavy atom. The molecule has 1 atom stereocenters. The molecular weight excluding hydrogens is 363 g/mol. The highest BCUT2D eigenvalue weighted by molar-refractivity contribution is 8.00. The summed E-state index contributed by atoms with van der Waals surface area (Å²) in [5.74, 6) is 0.0646. The SMILES string of the molecule is COc1ccc(Cl)cc1C1Sc2ccc(C(F)(F)F)cc2NC1=O. The summed E-state index contributed by atoms with van der Waals surface area (Å²) in [4.78, 5) is 12.9. The fraction of sp³-hybridized carbons (Fsp3) is 0.188. The van der Waals surface area contributed by atoms with Crippen LogP contribution in [-0.4, -0.2) is 13.0 Å². The van der Waals surface area contributed by atoms with Gasteiger partial charge in [0, 0.05) is 15.5 Å². The van der Waals surface area contributed by atoms with Gasteiger partial charge in [-0.3, -0.25) is 4.79 Å². The fourth-order valence-electron chi connectivity index (χ4n) is 2.40. The molecule has 2 aromatic rings. The number of halogens is 4. The molecule has 8 heteroatoms. The Bertz CT molecular complexity index is 810. The average molecular weight is 374 g/mol. The number of methoxy groups -OCH3 is 1. The minimum Gasteiger partial charge on any atom is -0.496 e. The van der Waals surface area contributed by atoms with Gasteiger partial charge in [0.05, 0.1) is 18.4 Å². The Kier molecular flexibility index (Phi) is 4.40. The lowest BCUT2D eigenvalue weighted by Gasteiger charge is -2.26. The molecule has 1 aliphatic rings. The molecule has 1 unspecified atom stereocenters. The van der Waals surface area contributed by atoms with E-state index in [1.165, 1.54) is 13.2 Å². The first-order chi connectivity index (χ1) is 11.3. The Balaban J connectivity index is 1.99. The molecule has 1 heterocycles. The van der Waals surface area contributed by atoms with Crippen molar-refractivity contribution in [3.63, 3.8) is 0 Å². The number of carbonyl (C=O) groups is 1. The number of thioether (sulfide) groups is 1. The third-order valence-corrected chi connectivity index (χ3v) is 5.07. The minimum atomic E-state index is -4.46. The van der Waals surface area contributed by atoms with E-state index in [0.717, 1.165) is 23.9 Å². The number of hydrogen-bond acceptors (Lipinski definition) is 3. The summed E-state index contributed by atoms with van der Waals surface area (Å²) in [6, 6.07) is 8.19. The van der Waals surface area contributed by atoms with Gasteiger partial charge in [-0.25, -0.2) is 0 Å². The van der Waals surface area contributed by atoms with E-state index in [-0.39, 0.29) is 5.69 Å². The van der Waals surface area contributed by atoms with Crippen LogP contribution in [0.3, 0.4) is 0 Å². The molecule has 24 heavy (non-hydrogen) atoms. The Labute approximate surface area is 145 Å².